The molecule has 5 aromatic heterocycles. The van der Waals surface area contributed by atoms with Crippen LogP contribution in [0.4, 0.5) is 0 Å². The first-order valence-electron chi connectivity index (χ1n) is 28.1. The Labute approximate surface area is 473 Å². The van der Waals surface area contributed by atoms with Gasteiger partial charge in [0.25, 0.3) is 0 Å². The molecule has 6 heteroatoms. The van der Waals surface area contributed by atoms with Crippen LogP contribution in [0.2, 0.25) is 0 Å². The molecule has 0 fully saturated rings. The minimum absolute atomic E-state index is 0.522. The molecule has 82 heavy (non-hydrogen) atoms. The SMILES string of the molecule is Cc1ccc2c(c1)c1ccccc1n2-c1c(C#N)c(-n2c3ccccc3c3cc(C)ccc32)c(-n2c3ccccc3c3cc(C)ccc32)c(-n2c3ccccc3c3cc(C)ccc32)c1-c1cc(-c2ccccc2)nc(-c2ccccc2)c1. The van der Waals surface area contributed by atoms with Crippen molar-refractivity contribution in [3.05, 3.63) is 270 Å². The van der Waals surface area contributed by atoms with Crippen LogP contribution in [0.25, 0.3) is 144 Å². The van der Waals surface area contributed by atoms with Crippen LogP contribution >= 0.6 is 0 Å². The molecular formula is C76H52N6. The van der Waals surface area contributed by atoms with Crippen LogP contribution in [0.1, 0.15) is 27.8 Å². The van der Waals surface area contributed by atoms with E-state index in [1.165, 1.54) is 11.1 Å². The van der Waals surface area contributed by atoms with Gasteiger partial charge in [-0.1, -0.05) is 180 Å². The van der Waals surface area contributed by atoms with Crippen molar-refractivity contribution in [1.82, 2.24) is 23.3 Å². The maximum absolute atomic E-state index is 13.1. The largest absolute Gasteiger partial charge is 0.307 e. The number of nitrogens with zero attached hydrogens (tertiary/aromatic N) is 6. The third kappa shape index (κ3) is 6.96. The van der Waals surface area contributed by atoms with Crippen molar-refractivity contribution in [2.24, 2.45) is 0 Å². The molecule has 0 unspecified atom stereocenters. The first kappa shape index (κ1) is 47.3. The third-order valence-electron chi connectivity index (χ3n) is 17.0. The number of nitriles is 1. The fraction of sp³-hybridized carbons (Fsp3) is 0.0526. The number of para-hydroxylation sites is 4. The molecular weight excluding hydrogens is 997 g/mol. The molecule has 0 bridgehead atoms. The van der Waals surface area contributed by atoms with Crippen LogP contribution in [0, 0.1) is 39.0 Å². The number of fused-ring (bicyclic) bond motifs is 12. The van der Waals surface area contributed by atoms with E-state index in [9.17, 15) is 5.26 Å². The lowest BCUT2D eigenvalue weighted by molar-refractivity contribution is 1.03. The lowest BCUT2D eigenvalue weighted by Crippen LogP contribution is -2.16. The van der Waals surface area contributed by atoms with E-state index in [2.05, 4.69) is 295 Å². The van der Waals surface area contributed by atoms with Crippen molar-refractivity contribution in [1.29, 1.82) is 5.26 Å². The fourth-order valence-corrected chi connectivity index (χ4v) is 13.4. The summed E-state index contributed by atoms with van der Waals surface area (Å²) < 4.78 is 9.83. The van der Waals surface area contributed by atoms with Gasteiger partial charge in [-0.15, -0.1) is 0 Å². The summed E-state index contributed by atoms with van der Waals surface area (Å²) in [6.07, 6.45) is 0. The van der Waals surface area contributed by atoms with E-state index in [0.717, 1.165) is 155 Å². The first-order chi connectivity index (χ1) is 40.3. The highest BCUT2D eigenvalue weighted by Gasteiger charge is 2.35. The van der Waals surface area contributed by atoms with Gasteiger partial charge in [0.2, 0.25) is 0 Å². The monoisotopic (exact) mass is 1050 g/mol. The van der Waals surface area contributed by atoms with E-state index in [4.69, 9.17) is 4.98 Å². The molecule has 0 radical (unpaired) electrons. The number of aromatic nitrogens is 5. The molecule has 0 aliphatic carbocycles. The normalized spacial score (nSPS) is 11.9. The van der Waals surface area contributed by atoms with E-state index in [1.807, 2.05) is 0 Å². The van der Waals surface area contributed by atoms with Gasteiger partial charge < -0.3 is 18.3 Å². The third-order valence-corrected chi connectivity index (χ3v) is 17.0. The molecule has 0 aliphatic rings. The summed E-state index contributed by atoms with van der Waals surface area (Å²) >= 11 is 0. The highest BCUT2D eigenvalue weighted by molar-refractivity contribution is 6.17. The second-order valence-corrected chi connectivity index (χ2v) is 22.1. The molecule has 0 spiro atoms. The Morgan fingerprint density at radius 3 is 0.951 bits per heavy atom. The van der Waals surface area contributed by atoms with Crippen LogP contribution in [0.5, 0.6) is 0 Å². The van der Waals surface area contributed by atoms with Gasteiger partial charge in [-0.2, -0.15) is 5.26 Å². The standard InChI is InChI=1S/C76H52N6/c1-46-31-35-68-57(39-46)53-23-11-15-27-64(53)79(68)73-61(45-77)74(80-65-28-16-12-24-54(65)58-40-47(2)32-36-69(58)80)76(82-67-30-18-14-26-56(67)60-42-49(4)34-38-71(60)82)75(81-66-29-17-13-25-55(66)59-41-48(3)33-37-70(59)81)72(73)52-43-62(50-19-7-5-8-20-50)78-63(44-52)51-21-9-6-10-22-51/h5-44H,1-4H3. The second kappa shape index (κ2) is 18.2. The maximum Gasteiger partial charge on any atom is 0.104 e. The molecule has 0 saturated carbocycles. The van der Waals surface area contributed by atoms with Crippen LogP contribution in [-0.4, -0.2) is 23.3 Å². The second-order valence-electron chi connectivity index (χ2n) is 22.1. The van der Waals surface area contributed by atoms with Crippen molar-refractivity contribution in [3.63, 3.8) is 0 Å². The average molecular weight is 1050 g/mol. The molecule has 0 atom stereocenters. The van der Waals surface area contributed by atoms with E-state index in [1.54, 1.807) is 0 Å². The van der Waals surface area contributed by atoms with Gasteiger partial charge in [-0.05, 0) is 118 Å². The van der Waals surface area contributed by atoms with E-state index < -0.39 is 0 Å². The van der Waals surface area contributed by atoms with E-state index >= 15 is 0 Å². The van der Waals surface area contributed by atoms with Crippen LogP contribution in [-0.2, 0) is 0 Å². The molecule has 0 saturated heterocycles. The van der Waals surface area contributed by atoms with Crippen molar-refractivity contribution < 1.29 is 0 Å². The quantitative estimate of drug-likeness (QED) is 0.160. The zero-order valence-corrected chi connectivity index (χ0v) is 45.8. The van der Waals surface area contributed by atoms with E-state index in [0.29, 0.717) is 5.56 Å². The molecule has 0 amide bonds. The van der Waals surface area contributed by atoms with Crippen molar-refractivity contribution in [2.75, 3.05) is 0 Å². The van der Waals surface area contributed by atoms with Gasteiger partial charge in [-0.25, -0.2) is 4.98 Å². The maximum atomic E-state index is 13.1. The number of hydrogen-bond donors (Lipinski definition) is 0. The van der Waals surface area contributed by atoms with Crippen molar-refractivity contribution in [3.8, 4) is 62.5 Å². The average Bonchev–Trinajstić information content (AvgIpc) is 1.80. The lowest BCUT2D eigenvalue weighted by atomic mass is 9.91. The molecule has 5 heterocycles. The van der Waals surface area contributed by atoms with Gasteiger partial charge in [0.15, 0.2) is 0 Å². The minimum atomic E-state index is 0.522. The van der Waals surface area contributed by atoms with E-state index in [-0.39, 0.29) is 0 Å². The summed E-state index contributed by atoms with van der Waals surface area (Å²) in [6, 6.07) is 91.0. The summed E-state index contributed by atoms with van der Waals surface area (Å²) in [5, 5.41) is 22.0. The summed E-state index contributed by atoms with van der Waals surface area (Å²) in [4.78, 5) is 5.55. The fourth-order valence-electron chi connectivity index (χ4n) is 13.4. The Morgan fingerprint density at radius 2 is 0.585 bits per heavy atom. The van der Waals surface area contributed by atoms with Gasteiger partial charge in [0.1, 0.15) is 11.6 Å². The van der Waals surface area contributed by atoms with Crippen LogP contribution < -0.4 is 0 Å². The van der Waals surface area contributed by atoms with Crippen LogP contribution in [0.3, 0.4) is 0 Å². The number of rotatable bonds is 7. The lowest BCUT2D eigenvalue weighted by Gasteiger charge is -2.29. The highest BCUT2D eigenvalue weighted by atomic mass is 15.1. The summed E-state index contributed by atoms with van der Waals surface area (Å²) in [5.74, 6) is 0. The van der Waals surface area contributed by atoms with Crippen molar-refractivity contribution >= 4 is 87.2 Å². The topological polar surface area (TPSA) is 56.4 Å². The Morgan fingerprint density at radius 1 is 0.280 bits per heavy atom. The molecule has 11 aromatic carbocycles. The minimum Gasteiger partial charge on any atom is -0.307 e. The Kier molecular flexibility index (Phi) is 10.5. The summed E-state index contributed by atoms with van der Waals surface area (Å²) in [7, 11) is 0. The Balaban J connectivity index is 1.28. The molecule has 0 N–H and O–H groups in total. The zero-order valence-electron chi connectivity index (χ0n) is 45.8. The van der Waals surface area contributed by atoms with Crippen molar-refractivity contribution in [2.45, 2.75) is 27.7 Å². The zero-order chi connectivity index (χ0) is 54.9. The van der Waals surface area contributed by atoms with Gasteiger partial charge in [-0.3, -0.25) is 0 Å². The predicted octanol–water partition coefficient (Wildman–Crippen LogP) is 19.6. The van der Waals surface area contributed by atoms with Gasteiger partial charge in [0.05, 0.1) is 78.3 Å². The Bertz CT molecular complexity index is 5330. The summed E-state index contributed by atoms with van der Waals surface area (Å²) in [6.45, 7) is 8.69. The number of benzene rings is 11. The smallest absolute Gasteiger partial charge is 0.104 e. The predicted molar refractivity (Wildman–Crippen MR) is 342 cm³/mol. The molecule has 16 aromatic rings. The molecule has 6 nitrogen and oxygen atoms in total. The summed E-state index contributed by atoms with van der Waals surface area (Å²) in [5.41, 5.74) is 22.0. The molecule has 0 aliphatic heterocycles. The van der Waals surface area contributed by atoms with Gasteiger partial charge >= 0.3 is 0 Å². The number of pyridine rings is 1. The Hall–Kier alpha value is -10.7. The number of aryl methyl sites for hydroxylation is 4. The van der Waals surface area contributed by atoms with Crippen LogP contribution in [0.15, 0.2) is 243 Å². The highest BCUT2D eigenvalue weighted by Crippen LogP contribution is 2.52. The number of hydrogen-bond acceptors (Lipinski definition) is 2. The van der Waals surface area contributed by atoms with Gasteiger partial charge in [0, 0.05) is 59.8 Å². The molecule has 386 valence electrons. The molecule has 16 rings (SSSR count). The first-order valence-corrected chi connectivity index (χ1v) is 28.1.